The van der Waals surface area contributed by atoms with Gasteiger partial charge in [0.15, 0.2) is 0 Å². The SMILES string of the molecule is CCOCCCNC(=O)[C@]1(C)CCC(=O)N1Cc1ccccc1Cl. The van der Waals surface area contributed by atoms with E-state index in [-0.39, 0.29) is 11.8 Å². The number of carbonyl (C=O) groups is 2. The molecule has 1 fully saturated rings. The van der Waals surface area contributed by atoms with Crippen LogP contribution in [0.25, 0.3) is 0 Å². The van der Waals surface area contributed by atoms with E-state index < -0.39 is 5.54 Å². The lowest BCUT2D eigenvalue weighted by Crippen LogP contribution is -2.54. The van der Waals surface area contributed by atoms with E-state index in [4.69, 9.17) is 16.3 Å². The average Bonchev–Trinajstić information content (AvgIpc) is 2.86. The van der Waals surface area contributed by atoms with Gasteiger partial charge in [0.1, 0.15) is 5.54 Å². The van der Waals surface area contributed by atoms with Gasteiger partial charge in [-0.25, -0.2) is 0 Å². The molecule has 0 spiro atoms. The van der Waals surface area contributed by atoms with Crippen molar-refractivity contribution < 1.29 is 14.3 Å². The van der Waals surface area contributed by atoms with Gasteiger partial charge < -0.3 is 15.0 Å². The molecule has 132 valence electrons. The molecule has 1 atom stereocenters. The zero-order valence-electron chi connectivity index (χ0n) is 14.3. The van der Waals surface area contributed by atoms with Crippen molar-refractivity contribution in [3.8, 4) is 0 Å². The van der Waals surface area contributed by atoms with Crippen molar-refractivity contribution in [3.63, 3.8) is 0 Å². The lowest BCUT2D eigenvalue weighted by Gasteiger charge is -2.34. The lowest BCUT2D eigenvalue weighted by molar-refractivity contribution is -0.141. The maximum absolute atomic E-state index is 12.7. The molecule has 2 rings (SSSR count). The van der Waals surface area contributed by atoms with Gasteiger partial charge in [0.25, 0.3) is 0 Å². The minimum atomic E-state index is -0.831. The minimum Gasteiger partial charge on any atom is -0.382 e. The largest absolute Gasteiger partial charge is 0.382 e. The first-order valence-corrected chi connectivity index (χ1v) is 8.76. The van der Waals surface area contributed by atoms with Gasteiger partial charge in [-0.05, 0) is 38.3 Å². The van der Waals surface area contributed by atoms with Crippen LogP contribution in [0.4, 0.5) is 0 Å². The monoisotopic (exact) mass is 352 g/mol. The third kappa shape index (κ3) is 4.28. The molecule has 6 heteroatoms. The molecule has 24 heavy (non-hydrogen) atoms. The van der Waals surface area contributed by atoms with Gasteiger partial charge >= 0.3 is 0 Å². The van der Waals surface area contributed by atoms with E-state index >= 15 is 0 Å². The van der Waals surface area contributed by atoms with Crippen molar-refractivity contribution in [3.05, 3.63) is 34.9 Å². The molecule has 0 aromatic heterocycles. The number of nitrogens with zero attached hydrogens (tertiary/aromatic N) is 1. The van der Waals surface area contributed by atoms with E-state index in [1.807, 2.05) is 32.0 Å². The number of likely N-dealkylation sites (tertiary alicyclic amines) is 1. The number of hydrogen-bond acceptors (Lipinski definition) is 3. The van der Waals surface area contributed by atoms with Gasteiger partial charge in [0, 0.05) is 37.7 Å². The Morgan fingerprint density at radius 2 is 2.17 bits per heavy atom. The fourth-order valence-electron chi connectivity index (χ4n) is 2.90. The van der Waals surface area contributed by atoms with Gasteiger partial charge in [-0.15, -0.1) is 0 Å². The zero-order chi connectivity index (χ0) is 17.6. The molecule has 0 aliphatic carbocycles. The van der Waals surface area contributed by atoms with Gasteiger partial charge in [-0.2, -0.15) is 0 Å². The predicted octanol–water partition coefficient (Wildman–Crippen LogP) is 2.76. The van der Waals surface area contributed by atoms with Gasteiger partial charge in [0.2, 0.25) is 11.8 Å². The molecule has 1 aliphatic heterocycles. The summed E-state index contributed by atoms with van der Waals surface area (Å²) in [6.45, 7) is 5.95. The first-order chi connectivity index (χ1) is 11.5. The predicted molar refractivity (Wildman–Crippen MR) is 93.8 cm³/mol. The molecule has 0 unspecified atom stereocenters. The summed E-state index contributed by atoms with van der Waals surface area (Å²) in [6, 6.07) is 7.41. The summed E-state index contributed by atoms with van der Waals surface area (Å²) >= 11 is 6.20. The van der Waals surface area contributed by atoms with Crippen LogP contribution in [0.5, 0.6) is 0 Å². The highest BCUT2D eigenvalue weighted by molar-refractivity contribution is 6.31. The molecule has 1 heterocycles. The number of rotatable bonds is 8. The Morgan fingerprint density at radius 1 is 1.42 bits per heavy atom. The Hall–Kier alpha value is -1.59. The Kier molecular flexibility index (Phi) is 6.63. The van der Waals surface area contributed by atoms with E-state index in [2.05, 4.69) is 5.32 Å². The molecule has 2 amide bonds. The minimum absolute atomic E-state index is 0.0121. The highest BCUT2D eigenvalue weighted by Crippen LogP contribution is 2.33. The second kappa shape index (κ2) is 8.49. The van der Waals surface area contributed by atoms with Crippen molar-refractivity contribution >= 4 is 23.4 Å². The highest BCUT2D eigenvalue weighted by atomic mass is 35.5. The van der Waals surface area contributed by atoms with Crippen molar-refractivity contribution in [1.29, 1.82) is 0 Å². The molecule has 1 saturated heterocycles. The third-order valence-corrected chi connectivity index (χ3v) is 4.82. The Labute approximate surface area is 148 Å². The molecular formula is C18H25ClN2O3. The fourth-order valence-corrected chi connectivity index (χ4v) is 3.10. The van der Waals surface area contributed by atoms with Crippen LogP contribution in [0.1, 0.15) is 38.7 Å². The molecular weight excluding hydrogens is 328 g/mol. The second-order valence-corrected chi connectivity index (χ2v) is 6.56. The molecule has 0 saturated carbocycles. The quantitative estimate of drug-likeness (QED) is 0.732. The standard InChI is InChI=1S/C18H25ClN2O3/c1-3-24-12-6-11-20-17(23)18(2)10-9-16(22)21(18)13-14-7-4-5-8-15(14)19/h4-5,7-8H,3,6,9-13H2,1-2H3,(H,20,23)/t18-/m0/s1. The number of benzene rings is 1. The van der Waals surface area contributed by atoms with Gasteiger partial charge in [-0.1, -0.05) is 29.8 Å². The van der Waals surface area contributed by atoms with Crippen LogP contribution >= 0.6 is 11.6 Å². The molecule has 1 aliphatic rings. The van der Waals surface area contributed by atoms with Gasteiger partial charge in [-0.3, -0.25) is 9.59 Å². The van der Waals surface area contributed by atoms with Gasteiger partial charge in [0.05, 0.1) is 0 Å². The van der Waals surface area contributed by atoms with E-state index in [0.29, 0.717) is 44.2 Å². The molecule has 5 nitrogen and oxygen atoms in total. The summed E-state index contributed by atoms with van der Waals surface area (Å²) in [6.07, 6.45) is 1.66. The smallest absolute Gasteiger partial charge is 0.245 e. The topological polar surface area (TPSA) is 58.6 Å². The van der Waals surface area contributed by atoms with Crippen molar-refractivity contribution in [2.75, 3.05) is 19.8 Å². The average molecular weight is 353 g/mol. The molecule has 0 radical (unpaired) electrons. The summed E-state index contributed by atoms with van der Waals surface area (Å²) in [7, 11) is 0. The number of carbonyl (C=O) groups excluding carboxylic acids is 2. The highest BCUT2D eigenvalue weighted by Gasteiger charge is 2.47. The van der Waals surface area contributed by atoms with Crippen molar-refractivity contribution in [1.82, 2.24) is 10.2 Å². The number of amides is 2. The zero-order valence-corrected chi connectivity index (χ0v) is 15.1. The van der Waals surface area contributed by atoms with Crippen molar-refractivity contribution in [2.45, 2.75) is 45.2 Å². The van der Waals surface area contributed by atoms with Crippen LogP contribution in [0.3, 0.4) is 0 Å². The van der Waals surface area contributed by atoms with Crippen molar-refractivity contribution in [2.24, 2.45) is 0 Å². The Morgan fingerprint density at radius 3 is 2.88 bits per heavy atom. The van der Waals surface area contributed by atoms with E-state index in [9.17, 15) is 9.59 Å². The van der Waals surface area contributed by atoms with E-state index in [1.165, 1.54) is 0 Å². The molecule has 0 bridgehead atoms. The number of ether oxygens (including phenoxy) is 1. The summed E-state index contributed by atoms with van der Waals surface area (Å²) < 4.78 is 5.27. The van der Waals surface area contributed by atoms with Crippen LogP contribution in [-0.2, 0) is 20.9 Å². The second-order valence-electron chi connectivity index (χ2n) is 6.15. The summed E-state index contributed by atoms with van der Waals surface area (Å²) in [5.41, 5.74) is 0.0202. The summed E-state index contributed by atoms with van der Waals surface area (Å²) in [5, 5.41) is 3.54. The molecule has 1 aromatic carbocycles. The Bertz CT molecular complexity index is 593. The lowest BCUT2D eigenvalue weighted by atomic mass is 9.97. The number of nitrogens with one attached hydrogen (secondary N) is 1. The number of halogens is 1. The first kappa shape index (κ1) is 18.7. The number of hydrogen-bond donors (Lipinski definition) is 1. The van der Waals surface area contributed by atoms with Crippen LogP contribution in [-0.4, -0.2) is 42.0 Å². The summed E-state index contributed by atoms with van der Waals surface area (Å²) in [5.74, 6) is -0.126. The molecule has 1 N–H and O–H groups in total. The van der Waals surface area contributed by atoms with E-state index in [1.54, 1.807) is 11.0 Å². The molecule has 1 aromatic rings. The van der Waals surface area contributed by atoms with Crippen LogP contribution in [0, 0.1) is 0 Å². The van der Waals surface area contributed by atoms with Crippen LogP contribution in [0.2, 0.25) is 5.02 Å². The normalized spacial score (nSPS) is 20.5. The first-order valence-electron chi connectivity index (χ1n) is 8.39. The maximum Gasteiger partial charge on any atom is 0.245 e. The van der Waals surface area contributed by atoms with Crippen LogP contribution < -0.4 is 5.32 Å². The fraction of sp³-hybridized carbons (Fsp3) is 0.556. The van der Waals surface area contributed by atoms with E-state index in [0.717, 1.165) is 12.0 Å². The maximum atomic E-state index is 12.7. The summed E-state index contributed by atoms with van der Waals surface area (Å²) in [4.78, 5) is 26.6. The third-order valence-electron chi connectivity index (χ3n) is 4.45. The van der Waals surface area contributed by atoms with Crippen LogP contribution in [0.15, 0.2) is 24.3 Å². The Balaban J connectivity index is 2.02.